The summed E-state index contributed by atoms with van der Waals surface area (Å²) in [7, 11) is 0. The van der Waals surface area contributed by atoms with Gasteiger partial charge in [-0.25, -0.2) is 9.18 Å². The summed E-state index contributed by atoms with van der Waals surface area (Å²) in [5.74, 6) is 0.0472. The van der Waals surface area contributed by atoms with E-state index in [9.17, 15) is 9.18 Å². The highest BCUT2D eigenvalue weighted by Gasteiger charge is 2.13. The number of carbonyl (C=O) groups excluding carboxylic acids is 1. The van der Waals surface area contributed by atoms with E-state index in [0.717, 1.165) is 11.3 Å². The molecule has 0 saturated carbocycles. The molecule has 0 aliphatic rings. The maximum absolute atomic E-state index is 13.0. The van der Waals surface area contributed by atoms with E-state index in [1.165, 1.54) is 17.7 Å². The molecule has 2 aromatic carbocycles. The normalized spacial score (nSPS) is 11.1. The van der Waals surface area contributed by atoms with Gasteiger partial charge in [-0.2, -0.15) is 0 Å². The molecule has 0 atom stereocenters. The first kappa shape index (κ1) is 21.2. The number of aromatic nitrogens is 2. The molecule has 0 spiro atoms. The minimum Gasteiger partial charge on any atom is -0.475 e. The summed E-state index contributed by atoms with van der Waals surface area (Å²) in [5, 5.41) is 13.6. The first-order chi connectivity index (χ1) is 14.3. The van der Waals surface area contributed by atoms with Crippen molar-refractivity contribution >= 4 is 11.7 Å². The Morgan fingerprint density at radius 2 is 1.67 bits per heavy atom. The van der Waals surface area contributed by atoms with Gasteiger partial charge in [0, 0.05) is 17.3 Å². The first-order valence-electron chi connectivity index (χ1n) is 9.69. The standard InChI is InChI=1S/C23H25FN4O2/c1-23(2,3)17-6-10-19(11-7-17)26-22(29)25-14-15-30-21-13-12-20(27-28-21)16-4-8-18(24)9-5-16/h4-13H,14-15H2,1-3H3,(H2,25,26,29). The Labute approximate surface area is 175 Å². The molecule has 0 radical (unpaired) electrons. The monoisotopic (exact) mass is 408 g/mol. The molecule has 0 aliphatic carbocycles. The maximum Gasteiger partial charge on any atom is 0.319 e. The number of nitrogens with zero attached hydrogens (tertiary/aromatic N) is 2. The lowest BCUT2D eigenvalue weighted by atomic mass is 9.87. The van der Waals surface area contributed by atoms with Crippen molar-refractivity contribution in [2.75, 3.05) is 18.5 Å². The number of hydrogen-bond donors (Lipinski definition) is 2. The van der Waals surface area contributed by atoms with Gasteiger partial charge in [0.25, 0.3) is 0 Å². The molecule has 0 fully saturated rings. The van der Waals surface area contributed by atoms with Gasteiger partial charge in [-0.05, 0) is 53.4 Å². The lowest BCUT2D eigenvalue weighted by Crippen LogP contribution is -2.32. The van der Waals surface area contributed by atoms with Crippen molar-refractivity contribution in [3.8, 4) is 17.1 Å². The van der Waals surface area contributed by atoms with E-state index in [1.54, 1.807) is 24.3 Å². The van der Waals surface area contributed by atoms with Gasteiger partial charge in [0.05, 0.1) is 12.2 Å². The van der Waals surface area contributed by atoms with Crippen LogP contribution in [0.2, 0.25) is 0 Å². The van der Waals surface area contributed by atoms with Crippen LogP contribution in [0.5, 0.6) is 5.88 Å². The summed E-state index contributed by atoms with van der Waals surface area (Å²) in [6, 6.07) is 16.9. The third-order valence-corrected chi connectivity index (χ3v) is 4.43. The predicted molar refractivity (Wildman–Crippen MR) is 115 cm³/mol. The summed E-state index contributed by atoms with van der Waals surface area (Å²) in [6.45, 7) is 6.99. The Morgan fingerprint density at radius 1 is 0.967 bits per heavy atom. The number of halogens is 1. The fourth-order valence-electron chi connectivity index (χ4n) is 2.72. The van der Waals surface area contributed by atoms with E-state index >= 15 is 0 Å². The summed E-state index contributed by atoms with van der Waals surface area (Å²) in [4.78, 5) is 12.0. The Balaban J connectivity index is 1.41. The van der Waals surface area contributed by atoms with Crippen LogP contribution < -0.4 is 15.4 Å². The highest BCUT2D eigenvalue weighted by Crippen LogP contribution is 2.23. The van der Waals surface area contributed by atoms with Crippen LogP contribution in [-0.2, 0) is 5.41 Å². The number of nitrogens with one attached hydrogen (secondary N) is 2. The zero-order chi connectivity index (χ0) is 21.6. The second-order valence-corrected chi connectivity index (χ2v) is 7.82. The fourth-order valence-corrected chi connectivity index (χ4v) is 2.72. The average molecular weight is 408 g/mol. The van der Waals surface area contributed by atoms with Crippen molar-refractivity contribution in [3.05, 3.63) is 72.0 Å². The molecule has 30 heavy (non-hydrogen) atoms. The van der Waals surface area contributed by atoms with Gasteiger partial charge in [-0.15, -0.1) is 10.2 Å². The Hall–Kier alpha value is -3.48. The van der Waals surface area contributed by atoms with Crippen LogP contribution in [0.1, 0.15) is 26.3 Å². The van der Waals surface area contributed by atoms with Gasteiger partial charge in [0.2, 0.25) is 5.88 Å². The topological polar surface area (TPSA) is 76.1 Å². The molecule has 0 unspecified atom stereocenters. The summed E-state index contributed by atoms with van der Waals surface area (Å²) < 4.78 is 18.5. The van der Waals surface area contributed by atoms with Crippen LogP contribution in [0.3, 0.4) is 0 Å². The van der Waals surface area contributed by atoms with Crippen molar-refractivity contribution in [2.24, 2.45) is 0 Å². The van der Waals surface area contributed by atoms with Crippen LogP contribution >= 0.6 is 0 Å². The largest absolute Gasteiger partial charge is 0.475 e. The molecule has 0 bridgehead atoms. The van der Waals surface area contributed by atoms with Crippen LogP contribution in [0.15, 0.2) is 60.7 Å². The Bertz CT molecular complexity index is 966. The second-order valence-electron chi connectivity index (χ2n) is 7.82. The molecule has 0 saturated heterocycles. The average Bonchev–Trinajstić information content (AvgIpc) is 2.72. The Kier molecular flexibility index (Phi) is 6.61. The molecule has 7 heteroatoms. The van der Waals surface area contributed by atoms with E-state index in [1.807, 2.05) is 24.3 Å². The number of rotatable bonds is 6. The van der Waals surface area contributed by atoms with E-state index in [-0.39, 0.29) is 23.9 Å². The quantitative estimate of drug-likeness (QED) is 0.576. The summed E-state index contributed by atoms with van der Waals surface area (Å²) in [6.07, 6.45) is 0. The molecule has 0 aliphatic heterocycles. The van der Waals surface area contributed by atoms with E-state index < -0.39 is 0 Å². The van der Waals surface area contributed by atoms with Gasteiger partial charge >= 0.3 is 6.03 Å². The molecule has 6 nitrogen and oxygen atoms in total. The minimum absolute atomic E-state index is 0.0677. The SMILES string of the molecule is CC(C)(C)c1ccc(NC(=O)NCCOc2ccc(-c3ccc(F)cc3)nn2)cc1. The second kappa shape index (κ2) is 9.35. The third kappa shape index (κ3) is 6.01. The van der Waals surface area contributed by atoms with Crippen LogP contribution in [0.4, 0.5) is 14.9 Å². The van der Waals surface area contributed by atoms with Gasteiger partial charge in [-0.3, -0.25) is 0 Å². The molecule has 156 valence electrons. The van der Waals surface area contributed by atoms with Crippen LogP contribution in [-0.4, -0.2) is 29.4 Å². The maximum atomic E-state index is 13.0. The number of hydrogen-bond acceptors (Lipinski definition) is 4. The highest BCUT2D eigenvalue weighted by atomic mass is 19.1. The van der Waals surface area contributed by atoms with Crippen molar-refractivity contribution in [1.29, 1.82) is 0 Å². The van der Waals surface area contributed by atoms with E-state index in [4.69, 9.17) is 4.74 Å². The molecule has 1 aromatic heterocycles. The van der Waals surface area contributed by atoms with Gasteiger partial charge in [-0.1, -0.05) is 32.9 Å². The molecule has 2 amide bonds. The van der Waals surface area contributed by atoms with Crippen LogP contribution in [0.25, 0.3) is 11.3 Å². The minimum atomic E-state index is -0.306. The lowest BCUT2D eigenvalue weighted by Gasteiger charge is -2.19. The number of ether oxygens (including phenoxy) is 1. The molecular formula is C23H25FN4O2. The third-order valence-electron chi connectivity index (χ3n) is 4.43. The van der Waals surface area contributed by atoms with Crippen molar-refractivity contribution in [3.63, 3.8) is 0 Å². The number of anilines is 1. The summed E-state index contributed by atoms with van der Waals surface area (Å²) >= 11 is 0. The smallest absolute Gasteiger partial charge is 0.319 e. The van der Waals surface area contributed by atoms with Crippen LogP contribution in [0, 0.1) is 5.82 Å². The number of urea groups is 1. The molecule has 3 aromatic rings. The Morgan fingerprint density at radius 3 is 2.27 bits per heavy atom. The van der Waals surface area contributed by atoms with Gasteiger partial charge in [0.1, 0.15) is 12.4 Å². The zero-order valence-electron chi connectivity index (χ0n) is 17.3. The lowest BCUT2D eigenvalue weighted by molar-refractivity contribution is 0.246. The van der Waals surface area contributed by atoms with Gasteiger partial charge in [0.15, 0.2) is 0 Å². The highest BCUT2D eigenvalue weighted by molar-refractivity contribution is 5.89. The number of carbonyl (C=O) groups is 1. The van der Waals surface area contributed by atoms with Crippen molar-refractivity contribution in [2.45, 2.75) is 26.2 Å². The van der Waals surface area contributed by atoms with Gasteiger partial charge < -0.3 is 15.4 Å². The molecule has 3 rings (SSSR count). The molecular weight excluding hydrogens is 383 g/mol. The predicted octanol–water partition coefficient (Wildman–Crippen LogP) is 4.78. The molecule has 1 heterocycles. The fraction of sp³-hybridized carbons (Fsp3) is 0.261. The van der Waals surface area contributed by atoms with E-state index in [2.05, 4.69) is 41.6 Å². The van der Waals surface area contributed by atoms with Crippen molar-refractivity contribution in [1.82, 2.24) is 15.5 Å². The number of benzene rings is 2. The van der Waals surface area contributed by atoms with E-state index in [0.29, 0.717) is 18.1 Å². The summed E-state index contributed by atoms with van der Waals surface area (Å²) in [5.41, 5.74) is 3.39. The molecule has 2 N–H and O–H groups in total. The zero-order valence-corrected chi connectivity index (χ0v) is 17.3. The first-order valence-corrected chi connectivity index (χ1v) is 9.69. The van der Waals surface area contributed by atoms with Crippen molar-refractivity contribution < 1.29 is 13.9 Å². The number of amides is 2.